The van der Waals surface area contributed by atoms with E-state index in [1.807, 2.05) is 0 Å². The normalized spacial score (nSPS) is 18.3. The van der Waals surface area contributed by atoms with Gasteiger partial charge in [-0.3, -0.25) is 0 Å². The Labute approximate surface area is 132 Å². The summed E-state index contributed by atoms with van der Waals surface area (Å²) in [5.41, 5.74) is 7.90. The lowest BCUT2D eigenvalue weighted by molar-refractivity contribution is 0.570. The number of nitrogens with two attached hydrogens (primary N) is 1. The summed E-state index contributed by atoms with van der Waals surface area (Å²) in [5.74, 6) is 0.117. The third-order valence-corrected chi connectivity index (χ3v) is 4.45. The van der Waals surface area contributed by atoms with Gasteiger partial charge in [0.1, 0.15) is 11.5 Å². The van der Waals surface area contributed by atoms with Crippen molar-refractivity contribution in [2.75, 3.05) is 30.3 Å². The molecule has 1 atom stereocenters. The van der Waals surface area contributed by atoms with Crippen molar-refractivity contribution in [2.45, 2.75) is 19.4 Å². The van der Waals surface area contributed by atoms with E-state index in [9.17, 15) is 4.39 Å². The number of pyridine rings is 2. The second kappa shape index (κ2) is 5.34. The lowest BCUT2D eigenvalue weighted by Gasteiger charge is -2.20. The fraction of sp³-hybridized carbons (Fsp3) is 0.375. The van der Waals surface area contributed by atoms with Crippen molar-refractivity contribution in [3.63, 3.8) is 0 Å². The highest BCUT2D eigenvalue weighted by molar-refractivity contribution is 6.12. The van der Waals surface area contributed by atoms with Crippen molar-refractivity contribution >= 4 is 33.4 Å². The Morgan fingerprint density at radius 2 is 2.30 bits per heavy atom. The first kappa shape index (κ1) is 14.2. The van der Waals surface area contributed by atoms with Crippen LogP contribution in [-0.4, -0.2) is 40.6 Å². The molecule has 120 valence electrons. The highest BCUT2D eigenvalue weighted by Gasteiger charge is 2.27. The minimum Gasteiger partial charge on any atom is -0.384 e. The van der Waals surface area contributed by atoms with Crippen LogP contribution in [0.15, 0.2) is 18.5 Å². The number of likely N-dealkylation sites (N-methyl/N-ethyl adjacent to an activating group) is 1. The van der Waals surface area contributed by atoms with E-state index in [2.05, 4.69) is 32.1 Å². The Morgan fingerprint density at radius 3 is 3.13 bits per heavy atom. The average Bonchev–Trinajstić information content (AvgIpc) is 3.12. The Morgan fingerprint density at radius 1 is 1.43 bits per heavy atom. The maximum atomic E-state index is 14.6. The number of rotatable bonds is 3. The molecule has 6 nitrogen and oxygen atoms in total. The minimum atomic E-state index is -0.300. The molecule has 1 aliphatic rings. The predicted octanol–water partition coefficient (Wildman–Crippen LogP) is 2.02. The summed E-state index contributed by atoms with van der Waals surface area (Å²) in [5, 5.41) is 5.08. The smallest absolute Gasteiger partial charge is 0.165 e. The second-order valence-electron chi connectivity index (χ2n) is 5.95. The van der Waals surface area contributed by atoms with Gasteiger partial charge in [0.05, 0.1) is 29.0 Å². The van der Waals surface area contributed by atoms with Crippen LogP contribution < -0.4 is 16.0 Å². The third kappa shape index (κ3) is 2.28. The third-order valence-electron chi connectivity index (χ3n) is 4.45. The number of H-pyrrole nitrogens is 1. The van der Waals surface area contributed by atoms with Gasteiger partial charge in [0, 0.05) is 24.5 Å². The van der Waals surface area contributed by atoms with E-state index in [1.165, 1.54) is 6.20 Å². The predicted molar refractivity (Wildman–Crippen MR) is 90.1 cm³/mol. The number of nitrogens with one attached hydrogen (secondary N) is 2. The standard InChI is InChI=1S/C16H19FN6/c1-2-19-9-3-4-23(8-9)15-11(17)6-21-16-14(15)10-5-13(18)20-7-12(10)22-16/h5-7,9,19H,2-4,8H2,1H3,(H2,18,20)(H,21,22)/t9-/m0/s1. The number of fused-ring (bicyclic) bond motifs is 3. The number of anilines is 2. The van der Waals surface area contributed by atoms with Crippen LogP contribution in [0.4, 0.5) is 15.9 Å². The summed E-state index contributed by atoms with van der Waals surface area (Å²) in [7, 11) is 0. The number of nitrogen functional groups attached to an aromatic ring is 1. The molecular weight excluding hydrogens is 295 g/mol. The van der Waals surface area contributed by atoms with Gasteiger partial charge in [0.2, 0.25) is 0 Å². The average molecular weight is 314 g/mol. The van der Waals surface area contributed by atoms with Crippen molar-refractivity contribution in [3.8, 4) is 0 Å². The molecule has 1 saturated heterocycles. The lowest BCUT2D eigenvalue weighted by Crippen LogP contribution is -2.32. The molecule has 4 N–H and O–H groups in total. The topological polar surface area (TPSA) is 82.9 Å². The largest absolute Gasteiger partial charge is 0.384 e. The van der Waals surface area contributed by atoms with Gasteiger partial charge < -0.3 is 20.9 Å². The second-order valence-corrected chi connectivity index (χ2v) is 5.95. The molecule has 1 fully saturated rings. The van der Waals surface area contributed by atoms with Crippen molar-refractivity contribution in [1.29, 1.82) is 0 Å². The Kier molecular flexibility index (Phi) is 3.30. The number of hydrogen-bond acceptors (Lipinski definition) is 5. The Balaban J connectivity index is 1.89. The molecule has 0 saturated carbocycles. The maximum absolute atomic E-state index is 14.6. The summed E-state index contributed by atoms with van der Waals surface area (Å²) in [6, 6.07) is 2.16. The van der Waals surface area contributed by atoms with Gasteiger partial charge in [0.15, 0.2) is 5.82 Å². The quantitative estimate of drug-likeness (QED) is 0.689. The van der Waals surface area contributed by atoms with Crippen LogP contribution in [0, 0.1) is 5.82 Å². The van der Waals surface area contributed by atoms with E-state index in [4.69, 9.17) is 5.73 Å². The summed E-state index contributed by atoms with van der Waals surface area (Å²) in [6.07, 6.45) is 3.95. The highest BCUT2D eigenvalue weighted by Crippen LogP contribution is 2.36. The highest BCUT2D eigenvalue weighted by atomic mass is 19.1. The van der Waals surface area contributed by atoms with Gasteiger partial charge in [-0.1, -0.05) is 6.92 Å². The molecule has 0 spiro atoms. The molecular formula is C16H19FN6. The van der Waals surface area contributed by atoms with E-state index >= 15 is 0 Å². The Hall–Kier alpha value is -2.41. The van der Waals surface area contributed by atoms with Crippen molar-refractivity contribution < 1.29 is 4.39 Å². The number of aromatic amines is 1. The molecule has 1 aliphatic heterocycles. The SMILES string of the molecule is CCN[C@H]1CCN(c2c(F)cnc3[nH]c4cnc(N)cc4c23)C1. The molecule has 7 heteroatoms. The van der Waals surface area contributed by atoms with Gasteiger partial charge in [0.25, 0.3) is 0 Å². The molecule has 0 bridgehead atoms. The molecule has 23 heavy (non-hydrogen) atoms. The van der Waals surface area contributed by atoms with Crippen molar-refractivity contribution in [3.05, 3.63) is 24.3 Å². The number of nitrogens with zero attached hydrogens (tertiary/aromatic N) is 3. The molecule has 0 amide bonds. The van der Waals surface area contributed by atoms with Crippen molar-refractivity contribution in [2.24, 2.45) is 0 Å². The van der Waals surface area contributed by atoms with Crippen LogP contribution in [0.2, 0.25) is 0 Å². The monoisotopic (exact) mass is 314 g/mol. The lowest BCUT2D eigenvalue weighted by atomic mass is 10.1. The van der Waals surface area contributed by atoms with Crippen LogP contribution in [0.3, 0.4) is 0 Å². The van der Waals surface area contributed by atoms with Gasteiger partial charge in [-0.15, -0.1) is 0 Å². The van der Waals surface area contributed by atoms with Gasteiger partial charge in [-0.2, -0.15) is 0 Å². The molecule has 0 aliphatic carbocycles. The summed E-state index contributed by atoms with van der Waals surface area (Å²) >= 11 is 0. The molecule has 4 heterocycles. The molecule has 0 unspecified atom stereocenters. The molecule has 4 rings (SSSR count). The summed E-state index contributed by atoms with van der Waals surface area (Å²) in [4.78, 5) is 13.6. The van der Waals surface area contributed by atoms with Crippen LogP contribution in [0.5, 0.6) is 0 Å². The van der Waals surface area contributed by atoms with E-state index in [1.54, 1.807) is 12.3 Å². The molecule has 0 aromatic carbocycles. The zero-order valence-corrected chi connectivity index (χ0v) is 12.9. The first-order valence-electron chi connectivity index (χ1n) is 7.87. The molecule has 3 aromatic rings. The van der Waals surface area contributed by atoms with E-state index < -0.39 is 0 Å². The van der Waals surface area contributed by atoms with E-state index in [-0.39, 0.29) is 5.82 Å². The van der Waals surface area contributed by atoms with Crippen molar-refractivity contribution in [1.82, 2.24) is 20.3 Å². The molecule has 3 aromatic heterocycles. The van der Waals surface area contributed by atoms with Gasteiger partial charge in [-0.05, 0) is 19.0 Å². The number of hydrogen-bond donors (Lipinski definition) is 3. The van der Waals surface area contributed by atoms with Gasteiger partial charge >= 0.3 is 0 Å². The Bertz CT molecular complexity index is 874. The fourth-order valence-corrected chi connectivity index (χ4v) is 3.46. The zero-order chi connectivity index (χ0) is 16.0. The van der Waals surface area contributed by atoms with Crippen LogP contribution in [0.25, 0.3) is 21.9 Å². The minimum absolute atomic E-state index is 0.300. The zero-order valence-electron chi connectivity index (χ0n) is 12.9. The van der Waals surface area contributed by atoms with Crippen LogP contribution in [-0.2, 0) is 0 Å². The first-order chi connectivity index (χ1) is 11.2. The molecule has 0 radical (unpaired) electrons. The van der Waals surface area contributed by atoms with Crippen LogP contribution >= 0.6 is 0 Å². The summed E-state index contributed by atoms with van der Waals surface area (Å²) in [6.45, 7) is 4.61. The number of halogens is 1. The number of aromatic nitrogens is 3. The first-order valence-corrected chi connectivity index (χ1v) is 7.87. The summed E-state index contributed by atoms with van der Waals surface area (Å²) < 4.78 is 14.6. The van der Waals surface area contributed by atoms with E-state index in [0.29, 0.717) is 23.2 Å². The maximum Gasteiger partial charge on any atom is 0.165 e. The van der Waals surface area contributed by atoms with Gasteiger partial charge in [-0.25, -0.2) is 14.4 Å². The van der Waals surface area contributed by atoms with E-state index in [0.717, 1.165) is 42.3 Å². The fourth-order valence-electron chi connectivity index (χ4n) is 3.46. The van der Waals surface area contributed by atoms with Crippen LogP contribution in [0.1, 0.15) is 13.3 Å².